The van der Waals surface area contributed by atoms with E-state index < -0.39 is 0 Å². The van der Waals surface area contributed by atoms with Crippen LogP contribution in [0.5, 0.6) is 0 Å². The Labute approximate surface area is 75.4 Å². The van der Waals surface area contributed by atoms with E-state index in [1.54, 1.807) is 0 Å². The van der Waals surface area contributed by atoms with Crippen molar-refractivity contribution in [3.63, 3.8) is 0 Å². The highest BCUT2D eigenvalue weighted by Crippen LogP contribution is 2.28. The van der Waals surface area contributed by atoms with Crippen LogP contribution < -0.4 is 0 Å². The second kappa shape index (κ2) is 3.61. The van der Waals surface area contributed by atoms with Gasteiger partial charge >= 0.3 is 0 Å². The van der Waals surface area contributed by atoms with Crippen LogP contribution >= 0.6 is 0 Å². The summed E-state index contributed by atoms with van der Waals surface area (Å²) in [5.74, 6) is 0. The number of hydrogen-bond acceptors (Lipinski definition) is 1. The van der Waals surface area contributed by atoms with Crippen molar-refractivity contribution >= 4 is 0 Å². The molecule has 2 rings (SSSR count). The molecule has 1 nitrogen and oxygen atoms in total. The minimum absolute atomic E-state index is 0.883. The first-order valence-corrected chi connectivity index (χ1v) is 5.32. The largest absolute Gasteiger partial charge is 0.293 e. The van der Waals surface area contributed by atoms with Gasteiger partial charge in [-0.3, -0.25) is 4.90 Å². The zero-order valence-corrected chi connectivity index (χ0v) is 8.00. The summed E-state index contributed by atoms with van der Waals surface area (Å²) in [6.45, 7) is 3.54. The third-order valence-electron chi connectivity index (χ3n) is 3.38. The lowest BCUT2D eigenvalue weighted by molar-refractivity contribution is 0.0891. The van der Waals surface area contributed by atoms with E-state index in [2.05, 4.69) is 24.0 Å². The molecule has 2 unspecified atom stereocenters. The van der Waals surface area contributed by atoms with Crippen molar-refractivity contribution < 1.29 is 0 Å². The Morgan fingerprint density at radius 2 is 2.25 bits per heavy atom. The standard InChI is InChI=1S/C11H19N/c1-2-10-7-5-8-11-6-3-4-9-12(10)11/h3-4,10-11H,2,5-9H2,1H3. The number of hydrogen-bond donors (Lipinski definition) is 0. The molecule has 0 aromatic carbocycles. The van der Waals surface area contributed by atoms with Gasteiger partial charge < -0.3 is 0 Å². The summed E-state index contributed by atoms with van der Waals surface area (Å²) < 4.78 is 0. The molecule has 0 aliphatic carbocycles. The Hall–Kier alpha value is -0.300. The molecule has 0 amide bonds. The van der Waals surface area contributed by atoms with Gasteiger partial charge in [0.2, 0.25) is 0 Å². The Balaban J connectivity index is 2.05. The molecule has 12 heavy (non-hydrogen) atoms. The van der Waals surface area contributed by atoms with Crippen LogP contribution in [0.2, 0.25) is 0 Å². The second-order valence-corrected chi connectivity index (χ2v) is 4.05. The predicted octanol–water partition coefficient (Wildman–Crippen LogP) is 2.58. The molecule has 2 atom stereocenters. The van der Waals surface area contributed by atoms with Gasteiger partial charge in [0.1, 0.15) is 0 Å². The van der Waals surface area contributed by atoms with Crippen molar-refractivity contribution in [3.05, 3.63) is 12.2 Å². The maximum Gasteiger partial charge on any atom is 0.0169 e. The number of piperidine rings is 1. The lowest BCUT2D eigenvalue weighted by Crippen LogP contribution is -2.47. The summed E-state index contributed by atoms with van der Waals surface area (Å²) in [6.07, 6.45) is 11.7. The molecule has 68 valence electrons. The van der Waals surface area contributed by atoms with Crippen molar-refractivity contribution in [2.24, 2.45) is 0 Å². The lowest BCUT2D eigenvalue weighted by Gasteiger charge is -2.43. The smallest absolute Gasteiger partial charge is 0.0169 e. The van der Waals surface area contributed by atoms with Crippen LogP contribution in [-0.2, 0) is 0 Å². The molecule has 0 spiro atoms. The van der Waals surface area contributed by atoms with Crippen LogP contribution in [0.4, 0.5) is 0 Å². The van der Waals surface area contributed by atoms with Gasteiger partial charge in [-0.15, -0.1) is 0 Å². The normalized spacial score (nSPS) is 36.4. The van der Waals surface area contributed by atoms with Gasteiger partial charge in [-0.25, -0.2) is 0 Å². The molecule has 1 saturated heterocycles. The van der Waals surface area contributed by atoms with Gasteiger partial charge in [-0.05, 0) is 25.7 Å². The van der Waals surface area contributed by atoms with Crippen molar-refractivity contribution in [2.45, 2.75) is 51.1 Å². The molecule has 1 fully saturated rings. The third kappa shape index (κ3) is 1.42. The van der Waals surface area contributed by atoms with Crippen molar-refractivity contribution in [1.82, 2.24) is 4.90 Å². The number of rotatable bonds is 1. The second-order valence-electron chi connectivity index (χ2n) is 4.05. The van der Waals surface area contributed by atoms with Crippen LogP contribution in [0.3, 0.4) is 0 Å². The van der Waals surface area contributed by atoms with E-state index in [0.717, 1.165) is 12.1 Å². The zero-order chi connectivity index (χ0) is 8.39. The molecule has 0 radical (unpaired) electrons. The van der Waals surface area contributed by atoms with Crippen LogP contribution in [0, 0.1) is 0 Å². The van der Waals surface area contributed by atoms with E-state index in [0.29, 0.717) is 0 Å². The summed E-state index contributed by atoms with van der Waals surface area (Å²) in [6, 6.07) is 1.77. The van der Waals surface area contributed by atoms with Crippen molar-refractivity contribution in [2.75, 3.05) is 6.54 Å². The van der Waals surface area contributed by atoms with Gasteiger partial charge in [0.05, 0.1) is 0 Å². The number of nitrogens with zero attached hydrogens (tertiary/aromatic N) is 1. The molecule has 2 aliphatic heterocycles. The topological polar surface area (TPSA) is 3.24 Å². The van der Waals surface area contributed by atoms with Gasteiger partial charge in [0.25, 0.3) is 0 Å². The van der Waals surface area contributed by atoms with Gasteiger partial charge in [0, 0.05) is 18.6 Å². The third-order valence-corrected chi connectivity index (χ3v) is 3.38. The van der Waals surface area contributed by atoms with Gasteiger partial charge in [-0.2, -0.15) is 0 Å². The highest BCUT2D eigenvalue weighted by Gasteiger charge is 2.28. The fourth-order valence-corrected chi connectivity index (χ4v) is 2.66. The summed E-state index contributed by atoms with van der Waals surface area (Å²) in [4.78, 5) is 2.71. The summed E-state index contributed by atoms with van der Waals surface area (Å²) in [5.41, 5.74) is 0. The molecule has 0 saturated carbocycles. The fourth-order valence-electron chi connectivity index (χ4n) is 2.66. The maximum absolute atomic E-state index is 2.71. The molecule has 0 aromatic rings. The summed E-state index contributed by atoms with van der Waals surface area (Å²) >= 11 is 0. The monoisotopic (exact) mass is 165 g/mol. The molecule has 0 aromatic heterocycles. The Kier molecular flexibility index (Phi) is 2.50. The Morgan fingerprint density at radius 1 is 1.33 bits per heavy atom. The van der Waals surface area contributed by atoms with E-state index in [-0.39, 0.29) is 0 Å². The number of fused-ring (bicyclic) bond motifs is 1. The SMILES string of the molecule is CCC1CCCC2CC=CCN12. The van der Waals surface area contributed by atoms with Crippen molar-refractivity contribution in [3.8, 4) is 0 Å². The quantitative estimate of drug-likeness (QED) is 0.540. The van der Waals surface area contributed by atoms with Gasteiger partial charge in [-0.1, -0.05) is 25.5 Å². The first kappa shape index (κ1) is 8.31. The molecular weight excluding hydrogens is 146 g/mol. The van der Waals surface area contributed by atoms with E-state index in [1.165, 1.54) is 38.6 Å². The molecule has 1 heteroatoms. The minimum Gasteiger partial charge on any atom is -0.293 e. The Morgan fingerprint density at radius 3 is 3.08 bits per heavy atom. The molecular formula is C11H19N. The van der Waals surface area contributed by atoms with E-state index >= 15 is 0 Å². The summed E-state index contributed by atoms with van der Waals surface area (Å²) in [5, 5.41) is 0. The van der Waals surface area contributed by atoms with Crippen LogP contribution in [0.1, 0.15) is 39.0 Å². The molecule has 0 N–H and O–H groups in total. The fraction of sp³-hybridized carbons (Fsp3) is 0.818. The first-order valence-electron chi connectivity index (χ1n) is 5.32. The highest BCUT2D eigenvalue weighted by molar-refractivity contribution is 4.99. The first-order chi connectivity index (χ1) is 5.92. The highest BCUT2D eigenvalue weighted by atomic mass is 15.2. The van der Waals surface area contributed by atoms with E-state index in [9.17, 15) is 0 Å². The Bertz CT molecular complexity index is 174. The van der Waals surface area contributed by atoms with E-state index in [4.69, 9.17) is 0 Å². The summed E-state index contributed by atoms with van der Waals surface area (Å²) in [7, 11) is 0. The van der Waals surface area contributed by atoms with Crippen LogP contribution in [0.15, 0.2) is 12.2 Å². The molecule has 2 heterocycles. The average Bonchev–Trinajstić information content (AvgIpc) is 2.17. The van der Waals surface area contributed by atoms with Gasteiger partial charge in [0.15, 0.2) is 0 Å². The predicted molar refractivity (Wildman–Crippen MR) is 52.2 cm³/mol. The van der Waals surface area contributed by atoms with Crippen LogP contribution in [0.25, 0.3) is 0 Å². The molecule has 0 bridgehead atoms. The van der Waals surface area contributed by atoms with Crippen LogP contribution in [-0.4, -0.2) is 23.5 Å². The maximum atomic E-state index is 2.71. The zero-order valence-electron chi connectivity index (χ0n) is 8.00. The molecule has 2 aliphatic rings. The minimum atomic E-state index is 0.883. The average molecular weight is 165 g/mol. The van der Waals surface area contributed by atoms with E-state index in [1.807, 2.05) is 0 Å². The lowest BCUT2D eigenvalue weighted by atomic mass is 9.90. The van der Waals surface area contributed by atoms with Crippen molar-refractivity contribution in [1.29, 1.82) is 0 Å².